The van der Waals surface area contributed by atoms with E-state index in [9.17, 15) is 4.39 Å². The molecule has 0 saturated heterocycles. The molecule has 0 fully saturated rings. The van der Waals surface area contributed by atoms with Gasteiger partial charge in [0.15, 0.2) is 5.82 Å². The Labute approximate surface area is 86.3 Å². The van der Waals surface area contributed by atoms with Gasteiger partial charge < -0.3 is 0 Å². The molecular formula is C10H9FN4. The average molecular weight is 204 g/mol. The normalized spacial score (nSPS) is 10.3. The lowest BCUT2D eigenvalue weighted by Gasteiger charge is -1.99. The molecule has 2 aromatic rings. The Morgan fingerprint density at radius 3 is 2.13 bits per heavy atom. The first kappa shape index (κ1) is 9.64. The molecule has 0 amide bonds. The van der Waals surface area contributed by atoms with E-state index in [2.05, 4.69) is 19.9 Å². The summed E-state index contributed by atoms with van der Waals surface area (Å²) >= 11 is 0. The minimum Gasteiger partial charge on any atom is -0.236 e. The van der Waals surface area contributed by atoms with Crippen molar-refractivity contribution in [2.45, 2.75) is 13.3 Å². The Kier molecular flexibility index (Phi) is 2.62. The molecule has 0 N–H and O–H groups in total. The molecule has 15 heavy (non-hydrogen) atoms. The molecule has 2 aromatic heterocycles. The van der Waals surface area contributed by atoms with Crippen LogP contribution in [0.1, 0.15) is 12.5 Å². The first-order valence-electron chi connectivity index (χ1n) is 4.58. The molecule has 0 atom stereocenters. The third-order valence-electron chi connectivity index (χ3n) is 1.99. The zero-order chi connectivity index (χ0) is 10.7. The second-order valence-electron chi connectivity index (χ2n) is 3.01. The predicted molar refractivity (Wildman–Crippen MR) is 52.4 cm³/mol. The van der Waals surface area contributed by atoms with Crippen LogP contribution in [0.5, 0.6) is 0 Å². The molecule has 2 rings (SSSR count). The molecule has 0 saturated carbocycles. The number of aryl methyl sites for hydroxylation is 1. The van der Waals surface area contributed by atoms with Gasteiger partial charge in [-0.1, -0.05) is 6.92 Å². The van der Waals surface area contributed by atoms with Crippen LogP contribution in [0.3, 0.4) is 0 Å². The Morgan fingerprint density at radius 1 is 1.00 bits per heavy atom. The van der Waals surface area contributed by atoms with E-state index < -0.39 is 6.08 Å². The number of halogens is 1. The maximum Gasteiger partial charge on any atom is 0.308 e. The molecule has 0 aromatic carbocycles. The quantitative estimate of drug-likeness (QED) is 0.698. The van der Waals surface area contributed by atoms with E-state index in [4.69, 9.17) is 0 Å². The van der Waals surface area contributed by atoms with E-state index in [0.29, 0.717) is 11.4 Å². The van der Waals surface area contributed by atoms with Crippen molar-refractivity contribution in [2.24, 2.45) is 0 Å². The number of rotatable bonds is 2. The highest BCUT2D eigenvalue weighted by atomic mass is 19.1. The van der Waals surface area contributed by atoms with Crippen molar-refractivity contribution in [2.75, 3.05) is 0 Å². The fourth-order valence-electron chi connectivity index (χ4n) is 1.11. The van der Waals surface area contributed by atoms with Crippen LogP contribution < -0.4 is 0 Å². The average Bonchev–Trinajstić information content (AvgIpc) is 2.30. The second-order valence-corrected chi connectivity index (χ2v) is 3.01. The Morgan fingerprint density at radius 2 is 1.60 bits per heavy atom. The third-order valence-corrected chi connectivity index (χ3v) is 1.99. The summed E-state index contributed by atoms with van der Waals surface area (Å²) < 4.78 is 12.5. The number of aromatic nitrogens is 4. The molecule has 5 heteroatoms. The lowest BCUT2D eigenvalue weighted by atomic mass is 10.2. The summed E-state index contributed by atoms with van der Waals surface area (Å²) in [4.78, 5) is 15.2. The minimum atomic E-state index is -0.746. The highest BCUT2D eigenvalue weighted by Crippen LogP contribution is 2.11. The molecule has 0 spiro atoms. The summed E-state index contributed by atoms with van der Waals surface area (Å²) in [5, 5.41) is 0. The maximum atomic E-state index is 12.5. The predicted octanol–water partition coefficient (Wildman–Crippen LogP) is 1.64. The monoisotopic (exact) mass is 204 g/mol. The van der Waals surface area contributed by atoms with Crippen LogP contribution in [0.2, 0.25) is 0 Å². The smallest absolute Gasteiger partial charge is 0.236 e. The van der Waals surface area contributed by atoms with E-state index in [1.807, 2.05) is 6.92 Å². The van der Waals surface area contributed by atoms with Gasteiger partial charge >= 0.3 is 6.08 Å². The minimum absolute atomic E-state index is 0.507. The SMILES string of the molecule is CCc1cnc(-c2cnc(F)nc2)nc1. The highest BCUT2D eigenvalue weighted by molar-refractivity contribution is 5.50. The maximum absolute atomic E-state index is 12.5. The molecular weight excluding hydrogens is 195 g/mol. The van der Waals surface area contributed by atoms with Crippen molar-refractivity contribution < 1.29 is 4.39 Å². The highest BCUT2D eigenvalue weighted by Gasteiger charge is 2.02. The van der Waals surface area contributed by atoms with Crippen molar-refractivity contribution in [3.8, 4) is 11.4 Å². The van der Waals surface area contributed by atoms with Crippen LogP contribution in [-0.2, 0) is 6.42 Å². The summed E-state index contributed by atoms with van der Waals surface area (Å²) in [7, 11) is 0. The van der Waals surface area contributed by atoms with E-state index in [1.54, 1.807) is 12.4 Å². The molecule has 76 valence electrons. The van der Waals surface area contributed by atoms with Crippen molar-refractivity contribution in [1.29, 1.82) is 0 Å². The first-order valence-corrected chi connectivity index (χ1v) is 4.58. The van der Waals surface area contributed by atoms with Crippen LogP contribution in [0.25, 0.3) is 11.4 Å². The van der Waals surface area contributed by atoms with Gasteiger partial charge in [-0.25, -0.2) is 19.9 Å². The second kappa shape index (κ2) is 4.08. The third kappa shape index (κ3) is 2.12. The Hall–Kier alpha value is -1.91. The molecule has 2 heterocycles. The van der Waals surface area contributed by atoms with Crippen LogP contribution in [-0.4, -0.2) is 19.9 Å². The molecule has 0 aliphatic carbocycles. The number of hydrogen-bond acceptors (Lipinski definition) is 4. The summed E-state index contributed by atoms with van der Waals surface area (Å²) in [6.07, 6.45) is 6.35. The van der Waals surface area contributed by atoms with Crippen molar-refractivity contribution in [3.63, 3.8) is 0 Å². The van der Waals surface area contributed by atoms with Gasteiger partial charge in [-0.2, -0.15) is 4.39 Å². The lowest BCUT2D eigenvalue weighted by Crippen LogP contribution is -1.94. The van der Waals surface area contributed by atoms with Gasteiger partial charge in [-0.3, -0.25) is 0 Å². The number of nitrogens with zero attached hydrogens (tertiary/aromatic N) is 4. The van der Waals surface area contributed by atoms with E-state index in [1.165, 1.54) is 12.4 Å². The Balaban J connectivity index is 2.33. The van der Waals surface area contributed by atoms with Crippen molar-refractivity contribution in [1.82, 2.24) is 19.9 Å². The van der Waals surface area contributed by atoms with Crippen LogP contribution in [0, 0.1) is 6.08 Å². The molecule has 0 unspecified atom stereocenters. The van der Waals surface area contributed by atoms with E-state index in [-0.39, 0.29) is 0 Å². The van der Waals surface area contributed by atoms with Crippen LogP contribution in [0.4, 0.5) is 4.39 Å². The fraction of sp³-hybridized carbons (Fsp3) is 0.200. The Bertz CT molecular complexity index is 438. The number of hydrogen-bond donors (Lipinski definition) is 0. The van der Waals surface area contributed by atoms with E-state index in [0.717, 1.165) is 12.0 Å². The van der Waals surface area contributed by atoms with Gasteiger partial charge in [0.1, 0.15) is 0 Å². The summed E-state index contributed by atoms with van der Waals surface area (Å²) in [5.74, 6) is 0.507. The molecule has 4 nitrogen and oxygen atoms in total. The first-order chi connectivity index (χ1) is 7.29. The molecule has 0 aliphatic heterocycles. The van der Waals surface area contributed by atoms with Gasteiger partial charge in [0.25, 0.3) is 0 Å². The van der Waals surface area contributed by atoms with Gasteiger partial charge in [0.05, 0.1) is 5.56 Å². The van der Waals surface area contributed by atoms with Crippen LogP contribution in [0.15, 0.2) is 24.8 Å². The van der Waals surface area contributed by atoms with Crippen LogP contribution >= 0.6 is 0 Å². The molecule has 0 aliphatic rings. The largest absolute Gasteiger partial charge is 0.308 e. The fourth-order valence-corrected chi connectivity index (χ4v) is 1.11. The summed E-state index contributed by atoms with van der Waals surface area (Å²) in [6.45, 7) is 2.03. The lowest BCUT2D eigenvalue weighted by molar-refractivity contribution is 0.539. The van der Waals surface area contributed by atoms with E-state index >= 15 is 0 Å². The molecule has 0 bridgehead atoms. The van der Waals surface area contributed by atoms with Crippen molar-refractivity contribution in [3.05, 3.63) is 36.4 Å². The van der Waals surface area contributed by atoms with Gasteiger partial charge in [-0.05, 0) is 12.0 Å². The van der Waals surface area contributed by atoms with Gasteiger partial charge in [0, 0.05) is 24.8 Å². The topological polar surface area (TPSA) is 51.6 Å². The summed E-state index contributed by atoms with van der Waals surface area (Å²) in [5.41, 5.74) is 1.67. The zero-order valence-electron chi connectivity index (χ0n) is 8.18. The standard InChI is InChI=1S/C10H9FN4/c1-2-7-3-12-9(13-4-7)8-5-14-10(11)15-6-8/h3-6H,2H2,1H3. The van der Waals surface area contributed by atoms with Gasteiger partial charge in [0.2, 0.25) is 0 Å². The zero-order valence-corrected chi connectivity index (χ0v) is 8.18. The molecule has 0 radical (unpaired) electrons. The summed E-state index contributed by atoms with van der Waals surface area (Å²) in [6, 6.07) is 0. The van der Waals surface area contributed by atoms with Gasteiger partial charge in [-0.15, -0.1) is 0 Å². The van der Waals surface area contributed by atoms with Crippen molar-refractivity contribution >= 4 is 0 Å².